The van der Waals surface area contributed by atoms with Crippen LogP contribution in [-0.4, -0.2) is 40.2 Å². The summed E-state index contributed by atoms with van der Waals surface area (Å²) in [7, 11) is 0. The molecule has 1 amide bonds. The van der Waals surface area contributed by atoms with E-state index < -0.39 is 0 Å². The predicted molar refractivity (Wildman–Crippen MR) is 132 cm³/mol. The number of nitrogens with zero attached hydrogens (tertiary/aromatic N) is 4. The Bertz CT molecular complexity index is 1290. The number of fused-ring (bicyclic) bond motifs is 1. The van der Waals surface area contributed by atoms with Crippen molar-refractivity contribution in [2.75, 3.05) is 18.0 Å². The predicted octanol–water partition coefficient (Wildman–Crippen LogP) is 4.78. The van der Waals surface area contributed by atoms with Crippen LogP contribution in [0.15, 0.2) is 65.4 Å². The van der Waals surface area contributed by atoms with Gasteiger partial charge in [-0.1, -0.05) is 35.5 Å². The third-order valence-corrected chi connectivity index (χ3v) is 6.56. The number of benzene rings is 2. The molecule has 0 saturated carbocycles. The molecule has 1 aliphatic rings. The van der Waals surface area contributed by atoms with E-state index in [-0.39, 0.29) is 23.7 Å². The number of amides is 1. The highest BCUT2D eigenvalue weighted by molar-refractivity contribution is 5.98. The van der Waals surface area contributed by atoms with Gasteiger partial charge in [0.05, 0.1) is 5.92 Å². The van der Waals surface area contributed by atoms with E-state index in [2.05, 4.69) is 44.4 Å². The summed E-state index contributed by atoms with van der Waals surface area (Å²) < 4.78 is 18.9. The number of anilines is 1. The first-order chi connectivity index (χ1) is 17.1. The van der Waals surface area contributed by atoms with E-state index in [1.165, 1.54) is 24.0 Å². The molecule has 0 unspecified atom stereocenters. The molecule has 8 heteroatoms. The quantitative estimate of drug-likeness (QED) is 0.416. The minimum Gasteiger partial charge on any atom is -0.355 e. The SMILES string of the molecule is C[C@H](CCc1ccccc1)NC(=O)[C@H]1CCCN(c2ncnc3onc(-c4ccc(F)cc4)c23)C1. The van der Waals surface area contributed by atoms with Crippen LogP contribution in [0.3, 0.4) is 0 Å². The average molecular weight is 474 g/mol. The molecule has 0 aliphatic carbocycles. The van der Waals surface area contributed by atoms with Crippen molar-refractivity contribution in [1.29, 1.82) is 0 Å². The lowest BCUT2D eigenvalue weighted by molar-refractivity contribution is -0.125. The highest BCUT2D eigenvalue weighted by Crippen LogP contribution is 2.34. The van der Waals surface area contributed by atoms with Crippen LogP contribution in [0.25, 0.3) is 22.4 Å². The highest BCUT2D eigenvalue weighted by Gasteiger charge is 2.29. The van der Waals surface area contributed by atoms with Crippen LogP contribution in [0, 0.1) is 11.7 Å². The fraction of sp³-hybridized carbons (Fsp3) is 0.333. The number of aryl methyl sites for hydroxylation is 1. The van der Waals surface area contributed by atoms with E-state index in [0.717, 1.165) is 37.8 Å². The third kappa shape index (κ3) is 5.16. The molecule has 0 spiro atoms. The molecule has 7 nitrogen and oxygen atoms in total. The number of halogens is 1. The van der Waals surface area contributed by atoms with Crippen molar-refractivity contribution in [2.24, 2.45) is 5.92 Å². The Hall–Kier alpha value is -3.81. The average Bonchev–Trinajstić information content (AvgIpc) is 3.33. The van der Waals surface area contributed by atoms with Crippen LogP contribution < -0.4 is 10.2 Å². The zero-order chi connectivity index (χ0) is 24.2. The van der Waals surface area contributed by atoms with Crippen molar-refractivity contribution >= 4 is 22.8 Å². The largest absolute Gasteiger partial charge is 0.355 e. The van der Waals surface area contributed by atoms with Crippen LogP contribution in [0.5, 0.6) is 0 Å². The van der Waals surface area contributed by atoms with E-state index in [9.17, 15) is 9.18 Å². The zero-order valence-corrected chi connectivity index (χ0v) is 19.7. The summed E-state index contributed by atoms with van der Waals surface area (Å²) in [6, 6.07) is 16.5. The maximum Gasteiger partial charge on any atom is 0.263 e. The normalized spacial score (nSPS) is 16.9. The topological polar surface area (TPSA) is 84.2 Å². The van der Waals surface area contributed by atoms with Crippen molar-refractivity contribution < 1.29 is 13.7 Å². The number of aromatic nitrogens is 3. The van der Waals surface area contributed by atoms with E-state index >= 15 is 0 Å². The first kappa shape index (κ1) is 23.0. The monoisotopic (exact) mass is 473 g/mol. The summed E-state index contributed by atoms with van der Waals surface area (Å²) in [5.41, 5.74) is 2.93. The van der Waals surface area contributed by atoms with Crippen molar-refractivity contribution in [3.05, 3.63) is 72.3 Å². The lowest BCUT2D eigenvalue weighted by Crippen LogP contribution is -2.45. The molecule has 4 aromatic rings. The van der Waals surface area contributed by atoms with Gasteiger partial charge in [-0.25, -0.2) is 9.37 Å². The number of piperidine rings is 1. The minimum absolute atomic E-state index is 0.0737. The van der Waals surface area contributed by atoms with Crippen LogP contribution >= 0.6 is 0 Å². The van der Waals surface area contributed by atoms with Gasteiger partial charge in [-0.05, 0) is 62.4 Å². The van der Waals surface area contributed by atoms with Gasteiger partial charge in [0.1, 0.15) is 29.0 Å². The number of hydrogen-bond acceptors (Lipinski definition) is 6. The van der Waals surface area contributed by atoms with Crippen LogP contribution in [0.2, 0.25) is 0 Å². The Morgan fingerprint density at radius 1 is 1.17 bits per heavy atom. The minimum atomic E-state index is -0.319. The van der Waals surface area contributed by atoms with E-state index in [4.69, 9.17) is 4.52 Å². The highest BCUT2D eigenvalue weighted by atomic mass is 19.1. The molecule has 1 fully saturated rings. The molecule has 2 aromatic carbocycles. The van der Waals surface area contributed by atoms with Crippen LogP contribution in [0.4, 0.5) is 10.2 Å². The second-order valence-corrected chi connectivity index (χ2v) is 9.13. The number of carbonyl (C=O) groups excluding carboxylic acids is 1. The first-order valence-corrected chi connectivity index (χ1v) is 12.0. The molecule has 0 bridgehead atoms. The second-order valence-electron chi connectivity index (χ2n) is 9.13. The Morgan fingerprint density at radius 3 is 2.77 bits per heavy atom. The molecule has 1 aliphatic heterocycles. The van der Waals surface area contributed by atoms with Gasteiger partial charge in [0.25, 0.3) is 5.71 Å². The lowest BCUT2D eigenvalue weighted by Gasteiger charge is -2.33. The summed E-state index contributed by atoms with van der Waals surface area (Å²) in [6.45, 7) is 3.38. The van der Waals surface area contributed by atoms with Crippen molar-refractivity contribution in [2.45, 2.75) is 38.6 Å². The number of hydrogen-bond donors (Lipinski definition) is 1. The van der Waals surface area contributed by atoms with E-state index in [0.29, 0.717) is 29.2 Å². The Kier molecular flexibility index (Phi) is 6.70. The molecule has 5 rings (SSSR count). The molecule has 2 atom stereocenters. The summed E-state index contributed by atoms with van der Waals surface area (Å²) in [4.78, 5) is 24.0. The van der Waals surface area contributed by atoms with Crippen molar-refractivity contribution in [3.63, 3.8) is 0 Å². The van der Waals surface area contributed by atoms with Gasteiger partial charge >= 0.3 is 0 Å². The molecular formula is C27H28FN5O2. The number of nitrogens with one attached hydrogen (secondary N) is 1. The van der Waals surface area contributed by atoms with Crippen LogP contribution in [-0.2, 0) is 11.2 Å². The molecule has 35 heavy (non-hydrogen) atoms. The number of carbonyl (C=O) groups is 1. The van der Waals surface area contributed by atoms with E-state index in [1.54, 1.807) is 12.1 Å². The maximum atomic E-state index is 13.4. The summed E-state index contributed by atoms with van der Waals surface area (Å²) in [5, 5.41) is 8.06. The first-order valence-electron chi connectivity index (χ1n) is 12.0. The zero-order valence-electron chi connectivity index (χ0n) is 19.7. The molecule has 1 saturated heterocycles. The molecule has 0 radical (unpaired) electrons. The van der Waals surface area contributed by atoms with Gasteiger partial charge in [0.15, 0.2) is 0 Å². The standard InChI is InChI=1S/C27H28FN5O2/c1-18(9-10-19-6-3-2-4-7-19)31-26(34)21-8-5-15-33(16-21)25-23-24(20-11-13-22(28)14-12-20)32-35-27(23)30-17-29-25/h2-4,6-7,11-14,17-18,21H,5,8-10,15-16H2,1H3,(H,31,34)/t18-,21+/m1/s1. The fourth-order valence-electron chi connectivity index (χ4n) is 4.66. The summed E-state index contributed by atoms with van der Waals surface area (Å²) >= 11 is 0. The second kappa shape index (κ2) is 10.2. The van der Waals surface area contributed by atoms with Gasteiger partial charge in [0, 0.05) is 24.7 Å². The van der Waals surface area contributed by atoms with Gasteiger partial charge in [-0.15, -0.1) is 0 Å². The van der Waals surface area contributed by atoms with Crippen LogP contribution in [0.1, 0.15) is 31.7 Å². The van der Waals surface area contributed by atoms with Gasteiger partial charge in [-0.2, -0.15) is 4.98 Å². The molecule has 3 heterocycles. The Labute approximate surface area is 203 Å². The van der Waals surface area contributed by atoms with Crippen molar-refractivity contribution in [3.8, 4) is 11.3 Å². The fourth-order valence-corrected chi connectivity index (χ4v) is 4.66. The van der Waals surface area contributed by atoms with E-state index in [1.807, 2.05) is 18.2 Å². The smallest absolute Gasteiger partial charge is 0.263 e. The van der Waals surface area contributed by atoms with Gasteiger partial charge < -0.3 is 14.7 Å². The summed E-state index contributed by atoms with van der Waals surface area (Å²) in [5.74, 6) is 0.304. The molecule has 2 aromatic heterocycles. The maximum absolute atomic E-state index is 13.4. The summed E-state index contributed by atoms with van der Waals surface area (Å²) in [6.07, 6.45) is 4.97. The Morgan fingerprint density at radius 2 is 1.97 bits per heavy atom. The van der Waals surface area contributed by atoms with Gasteiger partial charge in [0.2, 0.25) is 5.91 Å². The molecule has 1 N–H and O–H groups in total. The Balaban J connectivity index is 1.30. The molecule has 180 valence electrons. The number of rotatable bonds is 7. The lowest BCUT2D eigenvalue weighted by atomic mass is 9.96. The van der Waals surface area contributed by atoms with Gasteiger partial charge in [-0.3, -0.25) is 4.79 Å². The third-order valence-electron chi connectivity index (χ3n) is 6.56. The molecular weight excluding hydrogens is 445 g/mol. The van der Waals surface area contributed by atoms with Crippen molar-refractivity contribution in [1.82, 2.24) is 20.4 Å².